The van der Waals surface area contributed by atoms with Crippen molar-refractivity contribution in [1.82, 2.24) is 20.0 Å². The van der Waals surface area contributed by atoms with Crippen molar-refractivity contribution in [2.75, 3.05) is 26.0 Å². The number of methoxy groups -OCH3 is 1. The van der Waals surface area contributed by atoms with Gasteiger partial charge in [-0.25, -0.2) is 9.97 Å². The number of benzene rings is 2. The first-order valence-corrected chi connectivity index (χ1v) is 12.1. The molecule has 1 saturated heterocycles. The average Bonchev–Trinajstić information content (AvgIpc) is 3.29. The molecule has 4 aromatic rings. The van der Waals surface area contributed by atoms with E-state index in [2.05, 4.69) is 32.4 Å². The smallest absolute Gasteiger partial charge is 0.152 e. The SMILES string of the molecule is COc1cc(OC2CCCCN2C)c2c(Nc3ccc(OCc4cc(C)on4)c(C)c3)ncnc2c1. The lowest BCUT2D eigenvalue weighted by molar-refractivity contribution is 0.0161. The molecule has 0 aliphatic carbocycles. The van der Waals surface area contributed by atoms with Gasteiger partial charge in [0.25, 0.3) is 0 Å². The number of nitrogens with one attached hydrogen (secondary N) is 1. The average molecular weight is 490 g/mol. The van der Waals surface area contributed by atoms with Crippen molar-refractivity contribution in [2.45, 2.75) is 45.9 Å². The zero-order valence-electron chi connectivity index (χ0n) is 21.1. The third-order valence-electron chi connectivity index (χ3n) is 6.37. The van der Waals surface area contributed by atoms with E-state index in [1.54, 1.807) is 13.4 Å². The minimum atomic E-state index is -0.00528. The van der Waals surface area contributed by atoms with E-state index in [9.17, 15) is 0 Å². The monoisotopic (exact) mass is 489 g/mol. The zero-order valence-corrected chi connectivity index (χ0v) is 21.1. The van der Waals surface area contributed by atoms with E-state index in [4.69, 9.17) is 18.7 Å². The number of ether oxygens (including phenoxy) is 3. The number of hydrogen-bond acceptors (Lipinski definition) is 9. The van der Waals surface area contributed by atoms with Crippen molar-refractivity contribution in [3.05, 3.63) is 59.7 Å². The van der Waals surface area contributed by atoms with Crippen LogP contribution in [0.3, 0.4) is 0 Å². The fourth-order valence-corrected chi connectivity index (χ4v) is 4.44. The van der Waals surface area contributed by atoms with Crippen molar-refractivity contribution >= 4 is 22.4 Å². The predicted molar refractivity (Wildman–Crippen MR) is 137 cm³/mol. The van der Waals surface area contributed by atoms with Gasteiger partial charge in [-0.3, -0.25) is 4.90 Å². The second-order valence-electron chi connectivity index (χ2n) is 9.11. The molecule has 9 heteroatoms. The molecule has 188 valence electrons. The van der Waals surface area contributed by atoms with E-state index in [-0.39, 0.29) is 6.23 Å². The summed E-state index contributed by atoms with van der Waals surface area (Å²) in [5.41, 5.74) is 3.38. The summed E-state index contributed by atoms with van der Waals surface area (Å²) in [4.78, 5) is 11.3. The summed E-state index contributed by atoms with van der Waals surface area (Å²) < 4.78 is 23.1. The number of aromatic nitrogens is 3. The first kappa shape index (κ1) is 23.9. The Hall–Kier alpha value is -3.85. The topological polar surface area (TPSA) is 94.8 Å². The molecule has 3 heterocycles. The maximum atomic E-state index is 6.51. The van der Waals surface area contributed by atoms with E-state index in [0.29, 0.717) is 23.9 Å². The second-order valence-corrected chi connectivity index (χ2v) is 9.11. The van der Waals surface area contributed by atoms with Crippen LogP contribution in [0.5, 0.6) is 17.2 Å². The fourth-order valence-electron chi connectivity index (χ4n) is 4.44. The van der Waals surface area contributed by atoms with Gasteiger partial charge < -0.3 is 24.1 Å². The number of rotatable bonds is 8. The Bertz CT molecular complexity index is 1360. The molecular formula is C27H31N5O4. The van der Waals surface area contributed by atoms with Crippen LogP contribution in [0, 0.1) is 13.8 Å². The Balaban J connectivity index is 1.41. The number of likely N-dealkylation sites (tertiary alicyclic amines) is 1. The fraction of sp³-hybridized carbons (Fsp3) is 0.370. The summed E-state index contributed by atoms with van der Waals surface area (Å²) >= 11 is 0. The van der Waals surface area contributed by atoms with Crippen LogP contribution in [0.4, 0.5) is 11.5 Å². The summed E-state index contributed by atoms with van der Waals surface area (Å²) in [5, 5.41) is 8.25. The Kier molecular flexibility index (Phi) is 6.90. The van der Waals surface area contributed by atoms with Crippen LogP contribution < -0.4 is 19.5 Å². The van der Waals surface area contributed by atoms with E-state index in [0.717, 1.165) is 58.7 Å². The van der Waals surface area contributed by atoms with E-state index in [1.165, 1.54) is 6.42 Å². The van der Waals surface area contributed by atoms with Crippen molar-refractivity contribution < 1.29 is 18.7 Å². The van der Waals surface area contributed by atoms with Gasteiger partial charge in [-0.15, -0.1) is 0 Å². The maximum absolute atomic E-state index is 6.51. The van der Waals surface area contributed by atoms with Crippen molar-refractivity contribution in [2.24, 2.45) is 0 Å². The highest BCUT2D eigenvalue weighted by Gasteiger charge is 2.23. The highest BCUT2D eigenvalue weighted by atomic mass is 16.5. The van der Waals surface area contributed by atoms with E-state index < -0.39 is 0 Å². The van der Waals surface area contributed by atoms with Crippen LogP contribution >= 0.6 is 0 Å². The Morgan fingerprint density at radius 1 is 1.08 bits per heavy atom. The molecular weight excluding hydrogens is 458 g/mol. The van der Waals surface area contributed by atoms with Gasteiger partial charge in [0.05, 0.1) is 18.0 Å². The lowest BCUT2D eigenvalue weighted by Crippen LogP contribution is -2.40. The van der Waals surface area contributed by atoms with E-state index in [1.807, 2.05) is 50.2 Å². The van der Waals surface area contributed by atoms with Gasteiger partial charge >= 0.3 is 0 Å². The van der Waals surface area contributed by atoms with Crippen LogP contribution in [0.15, 0.2) is 47.2 Å². The molecule has 1 aliphatic rings. The van der Waals surface area contributed by atoms with Crippen molar-refractivity contribution in [1.29, 1.82) is 0 Å². The number of anilines is 2. The van der Waals surface area contributed by atoms with Gasteiger partial charge in [0.2, 0.25) is 0 Å². The minimum Gasteiger partial charge on any atom is -0.497 e. The molecule has 1 unspecified atom stereocenters. The van der Waals surface area contributed by atoms with Gasteiger partial charge in [-0.05, 0) is 63.9 Å². The van der Waals surface area contributed by atoms with Gasteiger partial charge in [0.15, 0.2) is 6.23 Å². The molecule has 0 spiro atoms. The van der Waals surface area contributed by atoms with Gasteiger partial charge in [0, 0.05) is 30.4 Å². The Morgan fingerprint density at radius 2 is 1.97 bits per heavy atom. The molecule has 1 N–H and O–H groups in total. The van der Waals surface area contributed by atoms with Crippen molar-refractivity contribution in [3.8, 4) is 17.2 Å². The number of hydrogen-bond donors (Lipinski definition) is 1. The standard InChI is InChI=1S/C27H31N5O4/c1-17-11-19(8-9-23(17)34-15-20-12-18(2)36-31-20)30-27-26-22(28-16-29-27)13-21(33-4)14-24(26)35-25-7-5-6-10-32(25)3/h8-9,11-14,16,25H,5-7,10,15H2,1-4H3,(H,28,29,30). The van der Waals surface area contributed by atoms with Gasteiger partial charge in [0.1, 0.15) is 47.5 Å². The highest BCUT2D eigenvalue weighted by Crippen LogP contribution is 2.37. The van der Waals surface area contributed by atoms with Crippen LogP contribution in [0.1, 0.15) is 36.3 Å². The quantitative estimate of drug-likeness (QED) is 0.350. The number of fused-ring (bicyclic) bond motifs is 1. The molecule has 9 nitrogen and oxygen atoms in total. The Labute approximate surface area is 210 Å². The van der Waals surface area contributed by atoms with Crippen LogP contribution in [-0.2, 0) is 6.61 Å². The molecule has 1 fully saturated rings. The predicted octanol–water partition coefficient (Wildman–Crippen LogP) is 5.39. The molecule has 36 heavy (non-hydrogen) atoms. The maximum Gasteiger partial charge on any atom is 0.152 e. The first-order chi connectivity index (χ1) is 17.5. The number of piperidine rings is 1. The molecule has 1 atom stereocenters. The van der Waals surface area contributed by atoms with E-state index >= 15 is 0 Å². The summed E-state index contributed by atoms with van der Waals surface area (Å²) in [6, 6.07) is 11.6. The van der Waals surface area contributed by atoms with Crippen LogP contribution in [-0.4, -0.2) is 47.0 Å². The summed E-state index contributed by atoms with van der Waals surface area (Å²) in [6.07, 6.45) is 4.84. The van der Waals surface area contributed by atoms with Gasteiger partial charge in [-0.2, -0.15) is 0 Å². The molecule has 2 aromatic carbocycles. The number of aryl methyl sites for hydroxylation is 2. The Morgan fingerprint density at radius 3 is 2.72 bits per heavy atom. The highest BCUT2D eigenvalue weighted by molar-refractivity contribution is 5.96. The first-order valence-electron chi connectivity index (χ1n) is 12.1. The van der Waals surface area contributed by atoms with Crippen LogP contribution in [0.25, 0.3) is 10.9 Å². The third kappa shape index (κ3) is 5.21. The summed E-state index contributed by atoms with van der Waals surface area (Å²) in [5.74, 6) is 3.61. The van der Waals surface area contributed by atoms with Crippen LogP contribution in [0.2, 0.25) is 0 Å². The largest absolute Gasteiger partial charge is 0.497 e. The molecule has 2 aromatic heterocycles. The summed E-state index contributed by atoms with van der Waals surface area (Å²) in [7, 11) is 3.74. The third-order valence-corrected chi connectivity index (χ3v) is 6.37. The van der Waals surface area contributed by atoms with Gasteiger partial charge in [-0.1, -0.05) is 5.16 Å². The second kappa shape index (κ2) is 10.4. The zero-order chi connectivity index (χ0) is 25.1. The molecule has 0 radical (unpaired) electrons. The number of nitrogens with zero attached hydrogens (tertiary/aromatic N) is 4. The molecule has 0 amide bonds. The molecule has 0 bridgehead atoms. The normalized spacial score (nSPS) is 16.2. The molecule has 5 rings (SSSR count). The molecule has 0 saturated carbocycles. The molecule has 1 aliphatic heterocycles. The van der Waals surface area contributed by atoms with Crippen molar-refractivity contribution in [3.63, 3.8) is 0 Å². The minimum absolute atomic E-state index is 0.00528. The summed E-state index contributed by atoms with van der Waals surface area (Å²) in [6.45, 7) is 5.22. The lowest BCUT2D eigenvalue weighted by Gasteiger charge is -2.33. The lowest BCUT2D eigenvalue weighted by atomic mass is 10.1.